The SMILES string of the molecule is O=C1c2cccc3cccc(c23)N1CC(O)COc1ccc(F)cc1. The minimum Gasteiger partial charge on any atom is -0.491 e. The first-order valence-corrected chi connectivity index (χ1v) is 8.03. The number of β-amino-alcohol motifs (C(OH)–C–C–N with tert-alkyl or cyclic N) is 1. The Morgan fingerprint density at radius 3 is 2.52 bits per heavy atom. The third-order valence-electron chi connectivity index (χ3n) is 4.30. The Morgan fingerprint density at radius 2 is 1.76 bits per heavy atom. The predicted octanol–water partition coefficient (Wildman–Crippen LogP) is 3.38. The number of hydrogen-bond donors (Lipinski definition) is 1. The zero-order valence-electron chi connectivity index (χ0n) is 13.4. The highest BCUT2D eigenvalue weighted by atomic mass is 19.1. The highest BCUT2D eigenvalue weighted by Crippen LogP contribution is 2.37. The Kier molecular flexibility index (Phi) is 3.86. The lowest BCUT2D eigenvalue weighted by atomic mass is 10.1. The number of nitrogens with zero attached hydrogens (tertiary/aromatic N) is 1. The molecule has 25 heavy (non-hydrogen) atoms. The molecule has 126 valence electrons. The highest BCUT2D eigenvalue weighted by Gasteiger charge is 2.30. The Hall–Kier alpha value is -2.92. The number of ether oxygens (including phenoxy) is 1. The van der Waals surface area contributed by atoms with Gasteiger partial charge in [0.1, 0.15) is 24.3 Å². The fraction of sp³-hybridized carbons (Fsp3) is 0.150. The molecular formula is C20H16FNO3. The minimum atomic E-state index is -0.862. The fourth-order valence-corrected chi connectivity index (χ4v) is 3.15. The van der Waals surface area contributed by atoms with Gasteiger partial charge in [-0.15, -0.1) is 0 Å². The van der Waals surface area contributed by atoms with Gasteiger partial charge in [-0.1, -0.05) is 24.3 Å². The molecule has 1 amide bonds. The van der Waals surface area contributed by atoms with Crippen LogP contribution in [0.3, 0.4) is 0 Å². The molecule has 3 aromatic carbocycles. The van der Waals surface area contributed by atoms with E-state index in [1.807, 2.05) is 30.3 Å². The maximum Gasteiger partial charge on any atom is 0.259 e. The molecule has 0 saturated carbocycles. The molecule has 1 aliphatic rings. The van der Waals surface area contributed by atoms with Crippen LogP contribution in [0.5, 0.6) is 5.75 Å². The lowest BCUT2D eigenvalue weighted by Crippen LogP contribution is -2.37. The van der Waals surface area contributed by atoms with Crippen LogP contribution in [-0.2, 0) is 0 Å². The molecule has 1 heterocycles. The number of amides is 1. The van der Waals surface area contributed by atoms with Gasteiger partial charge in [0.05, 0.1) is 12.2 Å². The summed E-state index contributed by atoms with van der Waals surface area (Å²) in [5.41, 5.74) is 1.46. The van der Waals surface area contributed by atoms with Gasteiger partial charge >= 0.3 is 0 Å². The molecule has 0 spiro atoms. The summed E-state index contributed by atoms with van der Waals surface area (Å²) in [6.45, 7) is 0.148. The minimum absolute atomic E-state index is 0.0156. The normalized spacial score (nSPS) is 14.2. The molecule has 0 saturated heterocycles. The van der Waals surface area contributed by atoms with E-state index < -0.39 is 6.10 Å². The molecule has 0 bridgehead atoms. The van der Waals surface area contributed by atoms with Gasteiger partial charge in [0, 0.05) is 10.9 Å². The number of carbonyl (C=O) groups excluding carboxylic acids is 1. The number of hydrogen-bond acceptors (Lipinski definition) is 3. The van der Waals surface area contributed by atoms with Gasteiger partial charge in [-0.2, -0.15) is 0 Å². The summed E-state index contributed by atoms with van der Waals surface area (Å²) in [5, 5.41) is 12.2. The van der Waals surface area contributed by atoms with E-state index in [9.17, 15) is 14.3 Å². The largest absolute Gasteiger partial charge is 0.491 e. The van der Waals surface area contributed by atoms with Crippen molar-refractivity contribution in [2.45, 2.75) is 6.10 Å². The summed E-state index contributed by atoms with van der Waals surface area (Å²) in [6, 6.07) is 17.0. The second-order valence-electron chi connectivity index (χ2n) is 6.02. The van der Waals surface area contributed by atoms with Crippen molar-refractivity contribution in [2.75, 3.05) is 18.1 Å². The van der Waals surface area contributed by atoms with Gasteiger partial charge in [0.25, 0.3) is 5.91 Å². The number of anilines is 1. The van der Waals surface area contributed by atoms with Crippen molar-refractivity contribution in [2.24, 2.45) is 0 Å². The third kappa shape index (κ3) is 2.83. The van der Waals surface area contributed by atoms with Crippen molar-refractivity contribution in [3.8, 4) is 5.75 Å². The monoisotopic (exact) mass is 337 g/mol. The van der Waals surface area contributed by atoms with E-state index in [1.165, 1.54) is 24.3 Å². The van der Waals surface area contributed by atoms with Crippen LogP contribution in [0, 0.1) is 5.82 Å². The van der Waals surface area contributed by atoms with Gasteiger partial charge in [0.15, 0.2) is 0 Å². The second-order valence-corrected chi connectivity index (χ2v) is 6.02. The number of halogens is 1. The first kappa shape index (κ1) is 15.6. The van der Waals surface area contributed by atoms with E-state index in [0.29, 0.717) is 11.3 Å². The molecule has 1 N–H and O–H groups in total. The molecule has 0 fully saturated rings. The summed E-state index contributed by atoms with van der Waals surface area (Å²) in [4.78, 5) is 14.2. The smallest absolute Gasteiger partial charge is 0.259 e. The summed E-state index contributed by atoms with van der Waals surface area (Å²) < 4.78 is 18.4. The Morgan fingerprint density at radius 1 is 1.04 bits per heavy atom. The quantitative estimate of drug-likeness (QED) is 0.776. The van der Waals surface area contributed by atoms with Gasteiger partial charge in [-0.25, -0.2) is 4.39 Å². The van der Waals surface area contributed by atoms with E-state index in [1.54, 1.807) is 11.0 Å². The van der Waals surface area contributed by atoms with E-state index in [2.05, 4.69) is 0 Å². The van der Waals surface area contributed by atoms with Crippen LogP contribution in [0.2, 0.25) is 0 Å². The zero-order valence-corrected chi connectivity index (χ0v) is 13.4. The number of aliphatic hydroxyl groups excluding tert-OH is 1. The van der Waals surface area contributed by atoms with Gasteiger partial charge < -0.3 is 14.7 Å². The van der Waals surface area contributed by atoms with Crippen molar-refractivity contribution in [3.05, 3.63) is 72.0 Å². The maximum absolute atomic E-state index is 12.9. The molecule has 0 aliphatic carbocycles. The van der Waals surface area contributed by atoms with Crippen LogP contribution in [0.15, 0.2) is 60.7 Å². The molecule has 0 radical (unpaired) electrons. The van der Waals surface area contributed by atoms with Crippen LogP contribution in [0.1, 0.15) is 10.4 Å². The highest BCUT2D eigenvalue weighted by molar-refractivity contribution is 6.25. The Balaban J connectivity index is 1.49. The lowest BCUT2D eigenvalue weighted by molar-refractivity contribution is 0.0913. The molecule has 4 rings (SSSR count). The van der Waals surface area contributed by atoms with Crippen LogP contribution in [0.25, 0.3) is 10.8 Å². The van der Waals surface area contributed by atoms with Crippen LogP contribution >= 0.6 is 0 Å². The van der Waals surface area contributed by atoms with E-state index >= 15 is 0 Å². The summed E-state index contributed by atoms with van der Waals surface area (Å²) in [5.74, 6) is 0.00707. The van der Waals surface area contributed by atoms with Gasteiger partial charge in [-0.05, 0) is 41.8 Å². The van der Waals surface area contributed by atoms with Gasteiger partial charge in [-0.3, -0.25) is 4.79 Å². The second kappa shape index (κ2) is 6.18. The van der Waals surface area contributed by atoms with Crippen molar-refractivity contribution < 1.29 is 19.0 Å². The molecule has 0 aromatic heterocycles. The number of aliphatic hydroxyl groups is 1. The molecule has 1 aliphatic heterocycles. The third-order valence-corrected chi connectivity index (χ3v) is 4.30. The van der Waals surface area contributed by atoms with Crippen molar-refractivity contribution in [1.29, 1.82) is 0 Å². The molecule has 4 nitrogen and oxygen atoms in total. The summed E-state index contributed by atoms with van der Waals surface area (Å²) in [7, 11) is 0. The molecule has 3 aromatic rings. The van der Waals surface area contributed by atoms with Gasteiger partial charge in [0.2, 0.25) is 0 Å². The molecular weight excluding hydrogens is 321 g/mol. The standard InChI is InChI=1S/C20H16FNO3/c21-14-7-9-16(10-8-14)25-12-15(23)11-22-18-6-2-4-13-3-1-5-17(19(13)18)20(22)24/h1-10,15,23H,11-12H2. The topological polar surface area (TPSA) is 49.8 Å². The number of carbonyl (C=O) groups is 1. The average Bonchev–Trinajstić information content (AvgIpc) is 2.89. The Labute approximate surface area is 144 Å². The van der Waals surface area contributed by atoms with E-state index in [0.717, 1.165) is 16.5 Å². The summed E-state index contributed by atoms with van der Waals surface area (Å²) in [6.07, 6.45) is -0.862. The zero-order chi connectivity index (χ0) is 17.4. The predicted molar refractivity (Wildman–Crippen MR) is 93.5 cm³/mol. The number of rotatable bonds is 5. The Bertz CT molecular complexity index is 934. The fourth-order valence-electron chi connectivity index (χ4n) is 3.15. The van der Waals surface area contributed by atoms with E-state index in [4.69, 9.17) is 4.74 Å². The van der Waals surface area contributed by atoms with E-state index in [-0.39, 0.29) is 24.9 Å². The first-order chi connectivity index (χ1) is 12.1. The first-order valence-electron chi connectivity index (χ1n) is 8.03. The van der Waals surface area contributed by atoms with Crippen molar-refractivity contribution in [3.63, 3.8) is 0 Å². The number of benzene rings is 3. The summed E-state index contributed by atoms with van der Waals surface area (Å²) >= 11 is 0. The molecule has 1 atom stereocenters. The average molecular weight is 337 g/mol. The molecule has 1 unspecified atom stereocenters. The maximum atomic E-state index is 12.9. The van der Waals surface area contributed by atoms with Crippen molar-refractivity contribution >= 4 is 22.4 Å². The van der Waals surface area contributed by atoms with Crippen LogP contribution in [-0.4, -0.2) is 30.3 Å². The van der Waals surface area contributed by atoms with Crippen LogP contribution < -0.4 is 9.64 Å². The van der Waals surface area contributed by atoms with Crippen LogP contribution in [0.4, 0.5) is 10.1 Å². The lowest BCUT2D eigenvalue weighted by Gasteiger charge is -2.21. The van der Waals surface area contributed by atoms with Crippen molar-refractivity contribution in [1.82, 2.24) is 0 Å². The molecule has 5 heteroatoms.